The first-order valence-corrected chi connectivity index (χ1v) is 15.2. The summed E-state index contributed by atoms with van der Waals surface area (Å²) in [5, 5.41) is 12.9. The second-order valence-corrected chi connectivity index (χ2v) is 11.5. The van der Waals surface area contributed by atoms with Crippen LogP contribution in [0.3, 0.4) is 0 Å². The van der Waals surface area contributed by atoms with Crippen LogP contribution in [0.2, 0.25) is 0 Å². The fourth-order valence-electron chi connectivity index (χ4n) is 3.69. The number of aromatic nitrogens is 1. The average molecular weight is 597 g/mol. The maximum atomic E-state index is 13.3. The van der Waals surface area contributed by atoms with E-state index in [1.807, 2.05) is 65.4 Å². The third-order valence-corrected chi connectivity index (χ3v) is 8.27. The van der Waals surface area contributed by atoms with Crippen molar-refractivity contribution < 1.29 is 14.4 Å². The Labute approximate surface area is 249 Å². The zero-order valence-corrected chi connectivity index (χ0v) is 24.0. The molecular formula is C31H24N4O3S3. The molecule has 0 saturated carbocycles. The van der Waals surface area contributed by atoms with Gasteiger partial charge < -0.3 is 16.0 Å². The van der Waals surface area contributed by atoms with Gasteiger partial charge in [-0.25, -0.2) is 4.98 Å². The van der Waals surface area contributed by atoms with Gasteiger partial charge >= 0.3 is 0 Å². The van der Waals surface area contributed by atoms with E-state index >= 15 is 0 Å². The Bertz CT molecular complexity index is 1670. The average Bonchev–Trinajstić information content (AvgIpc) is 3.70. The Kier molecular flexibility index (Phi) is 9.37. The first-order valence-electron chi connectivity index (χ1n) is 12.5. The molecule has 0 spiro atoms. The van der Waals surface area contributed by atoms with Crippen LogP contribution in [0.5, 0.6) is 0 Å². The van der Waals surface area contributed by atoms with Gasteiger partial charge in [-0.3, -0.25) is 14.4 Å². The molecule has 5 aromatic rings. The summed E-state index contributed by atoms with van der Waals surface area (Å²) in [7, 11) is 0. The molecule has 0 bridgehead atoms. The van der Waals surface area contributed by atoms with Crippen LogP contribution in [0, 0.1) is 0 Å². The number of benzene rings is 3. The van der Waals surface area contributed by atoms with Crippen LogP contribution >= 0.6 is 34.4 Å². The molecule has 3 N–H and O–H groups in total. The minimum absolute atomic E-state index is 0.104. The lowest BCUT2D eigenvalue weighted by molar-refractivity contribution is -0.114. The Balaban J connectivity index is 1.22. The van der Waals surface area contributed by atoms with Gasteiger partial charge in [0.15, 0.2) is 5.13 Å². The third kappa shape index (κ3) is 8.01. The van der Waals surface area contributed by atoms with E-state index in [1.165, 1.54) is 23.1 Å². The monoisotopic (exact) mass is 596 g/mol. The molecule has 41 heavy (non-hydrogen) atoms. The van der Waals surface area contributed by atoms with Gasteiger partial charge in [-0.2, -0.15) is 0 Å². The number of thiazole rings is 1. The summed E-state index contributed by atoms with van der Waals surface area (Å²) in [5.41, 5.74) is 2.69. The number of hydrogen-bond acceptors (Lipinski definition) is 7. The van der Waals surface area contributed by atoms with Gasteiger partial charge in [0, 0.05) is 21.5 Å². The molecule has 2 heterocycles. The fourth-order valence-corrected chi connectivity index (χ4v) is 5.94. The summed E-state index contributed by atoms with van der Waals surface area (Å²) in [6.45, 7) is 0. The molecule has 0 unspecified atom stereocenters. The highest BCUT2D eigenvalue weighted by Crippen LogP contribution is 2.29. The van der Waals surface area contributed by atoms with E-state index in [-0.39, 0.29) is 23.3 Å². The van der Waals surface area contributed by atoms with Gasteiger partial charge in [0.05, 0.1) is 16.3 Å². The number of hydrogen-bond donors (Lipinski definition) is 3. The third-order valence-electron chi connectivity index (χ3n) is 5.63. The normalized spacial score (nSPS) is 11.1. The number of thiophene rings is 1. The zero-order chi connectivity index (χ0) is 28.4. The largest absolute Gasteiger partial charge is 0.321 e. The molecule has 7 nitrogen and oxygen atoms in total. The number of carbonyl (C=O) groups is 3. The number of thioether (sulfide) groups is 1. The van der Waals surface area contributed by atoms with Crippen molar-refractivity contribution in [1.29, 1.82) is 0 Å². The van der Waals surface area contributed by atoms with E-state index < -0.39 is 5.91 Å². The first kappa shape index (κ1) is 28.0. The van der Waals surface area contributed by atoms with Crippen molar-refractivity contribution >= 4 is 69.1 Å². The lowest BCUT2D eigenvalue weighted by atomic mass is 10.1. The standard InChI is InChI=1S/C31H24N4O3S3/c36-28(35-31-34-26(19-41-31)27-15-8-16-39-27)20-40-24-14-7-13-23(18-24)32-30(38)25(17-21-9-3-1-4-10-21)33-29(37)22-11-5-2-6-12-22/h1-19H,20H2,(H,32,38)(H,33,37)(H,34,35,36)/b25-17-. The van der Waals surface area contributed by atoms with E-state index in [2.05, 4.69) is 20.9 Å². The van der Waals surface area contributed by atoms with Gasteiger partial charge in [-0.1, -0.05) is 60.7 Å². The number of rotatable bonds is 10. The second kappa shape index (κ2) is 13.7. The smallest absolute Gasteiger partial charge is 0.272 e. The predicted octanol–water partition coefficient (Wildman–Crippen LogP) is 7.01. The van der Waals surface area contributed by atoms with Crippen molar-refractivity contribution in [1.82, 2.24) is 10.3 Å². The van der Waals surface area contributed by atoms with Crippen LogP contribution < -0.4 is 16.0 Å². The number of carbonyl (C=O) groups excluding carboxylic acids is 3. The van der Waals surface area contributed by atoms with Crippen molar-refractivity contribution in [3.63, 3.8) is 0 Å². The number of anilines is 2. The summed E-state index contributed by atoms with van der Waals surface area (Å²) < 4.78 is 0. The van der Waals surface area contributed by atoms with E-state index in [0.29, 0.717) is 16.4 Å². The topological polar surface area (TPSA) is 100 Å². The highest BCUT2D eigenvalue weighted by atomic mass is 32.2. The molecule has 2 aromatic heterocycles. The molecule has 3 amide bonds. The Hall–Kier alpha value is -4.51. The van der Waals surface area contributed by atoms with E-state index in [4.69, 9.17) is 0 Å². The van der Waals surface area contributed by atoms with Gasteiger partial charge in [0.2, 0.25) is 5.91 Å². The van der Waals surface area contributed by atoms with Gasteiger partial charge in [-0.05, 0) is 53.4 Å². The van der Waals surface area contributed by atoms with Gasteiger partial charge in [0.1, 0.15) is 5.70 Å². The van der Waals surface area contributed by atoms with Crippen LogP contribution in [0.1, 0.15) is 15.9 Å². The molecule has 3 aromatic carbocycles. The maximum absolute atomic E-state index is 13.3. The summed E-state index contributed by atoms with van der Waals surface area (Å²) >= 11 is 4.33. The number of nitrogens with zero attached hydrogens (tertiary/aromatic N) is 1. The maximum Gasteiger partial charge on any atom is 0.272 e. The van der Waals surface area contributed by atoms with Crippen LogP contribution in [0.25, 0.3) is 16.6 Å². The number of nitrogens with one attached hydrogen (secondary N) is 3. The highest BCUT2D eigenvalue weighted by molar-refractivity contribution is 8.00. The SMILES string of the molecule is O=C(CSc1cccc(NC(=O)/C(=C/c2ccccc2)NC(=O)c2ccccc2)c1)Nc1nc(-c2cccs2)cs1. The fraction of sp³-hybridized carbons (Fsp3) is 0.0323. The summed E-state index contributed by atoms with van der Waals surface area (Å²) in [5.74, 6) is -0.852. The molecule has 0 aliphatic rings. The zero-order valence-electron chi connectivity index (χ0n) is 21.6. The molecule has 0 radical (unpaired) electrons. The highest BCUT2D eigenvalue weighted by Gasteiger charge is 2.16. The van der Waals surface area contributed by atoms with E-state index in [9.17, 15) is 14.4 Å². The van der Waals surface area contributed by atoms with Crippen LogP contribution in [0.4, 0.5) is 10.8 Å². The van der Waals surface area contributed by atoms with Crippen molar-refractivity contribution in [2.75, 3.05) is 16.4 Å². The summed E-state index contributed by atoms with van der Waals surface area (Å²) in [4.78, 5) is 45.0. The van der Waals surface area contributed by atoms with Gasteiger partial charge in [-0.15, -0.1) is 34.4 Å². The van der Waals surface area contributed by atoms with Crippen molar-refractivity contribution in [3.05, 3.63) is 125 Å². The molecule has 0 atom stereocenters. The Morgan fingerprint density at radius 3 is 2.37 bits per heavy atom. The van der Waals surface area contributed by atoms with Crippen LogP contribution in [-0.4, -0.2) is 28.5 Å². The summed E-state index contributed by atoms with van der Waals surface area (Å²) in [6, 6.07) is 29.1. The van der Waals surface area contributed by atoms with Crippen molar-refractivity contribution in [3.8, 4) is 10.6 Å². The Morgan fingerprint density at radius 2 is 1.61 bits per heavy atom. The molecule has 204 valence electrons. The minimum atomic E-state index is -0.469. The Morgan fingerprint density at radius 1 is 0.829 bits per heavy atom. The molecule has 10 heteroatoms. The van der Waals surface area contributed by atoms with Gasteiger partial charge in [0.25, 0.3) is 11.8 Å². The van der Waals surface area contributed by atoms with Crippen LogP contribution in [-0.2, 0) is 9.59 Å². The molecule has 0 saturated heterocycles. The first-order chi connectivity index (χ1) is 20.0. The predicted molar refractivity (Wildman–Crippen MR) is 168 cm³/mol. The molecule has 0 fully saturated rings. The van der Waals surface area contributed by atoms with Crippen molar-refractivity contribution in [2.24, 2.45) is 0 Å². The minimum Gasteiger partial charge on any atom is -0.321 e. The lowest BCUT2D eigenvalue weighted by Crippen LogP contribution is -2.30. The number of amides is 3. The second-order valence-electron chi connectivity index (χ2n) is 8.62. The van der Waals surface area contributed by atoms with Crippen molar-refractivity contribution in [2.45, 2.75) is 4.90 Å². The molecule has 0 aliphatic carbocycles. The molecular weight excluding hydrogens is 573 g/mol. The lowest BCUT2D eigenvalue weighted by Gasteiger charge is -2.12. The van der Waals surface area contributed by atoms with E-state index in [1.54, 1.807) is 59.9 Å². The van der Waals surface area contributed by atoms with Crippen LogP contribution in [0.15, 0.2) is 118 Å². The van der Waals surface area contributed by atoms with E-state index in [0.717, 1.165) is 21.0 Å². The summed E-state index contributed by atoms with van der Waals surface area (Å²) in [6.07, 6.45) is 1.63. The molecule has 0 aliphatic heterocycles. The quantitative estimate of drug-likeness (QED) is 0.119. The molecule has 5 rings (SSSR count).